The first-order chi connectivity index (χ1) is 41.1. The van der Waals surface area contributed by atoms with Gasteiger partial charge in [0.2, 0.25) is 11.8 Å². The van der Waals surface area contributed by atoms with E-state index in [1.165, 1.54) is 0 Å². The Labute approximate surface area is 471 Å². The van der Waals surface area contributed by atoms with E-state index in [9.17, 15) is 0 Å². The van der Waals surface area contributed by atoms with E-state index in [2.05, 4.69) is 108 Å². The molecule has 0 radical (unpaired) electrons. The Bertz CT molecular complexity index is 5230. The van der Waals surface area contributed by atoms with Crippen LogP contribution < -0.4 is 0 Å². The normalized spacial score (nSPS) is 13.5. The van der Waals surface area contributed by atoms with Gasteiger partial charge in [-0.15, -0.1) is 0 Å². The van der Waals surface area contributed by atoms with Gasteiger partial charge in [-0.25, -0.2) is 9.97 Å². The quantitative estimate of drug-likeness (QED) is 0.129. The molecule has 16 aromatic rings. The lowest BCUT2D eigenvalue weighted by Gasteiger charge is -2.13. The van der Waals surface area contributed by atoms with Gasteiger partial charge in [-0.2, -0.15) is 0 Å². The molecule has 17 rings (SSSR count). The fourth-order valence-corrected chi connectivity index (χ4v) is 11.7. The molecule has 13 nitrogen and oxygen atoms in total. The Morgan fingerprint density at radius 3 is 1.36 bits per heavy atom. The maximum Gasteiger partial charge on any atom is 0.206 e. The van der Waals surface area contributed by atoms with Crippen molar-refractivity contribution in [3.8, 4) is 79.7 Å². The molecule has 1 atom stereocenters. The Hall–Kier alpha value is -11.4. The smallest absolute Gasteiger partial charge is 0.206 e. The zero-order valence-corrected chi connectivity index (χ0v) is 43.9. The van der Waals surface area contributed by atoms with Gasteiger partial charge in [-0.3, -0.25) is 29.1 Å². The summed E-state index contributed by atoms with van der Waals surface area (Å²) in [6, 6.07) is 65.0. The summed E-state index contributed by atoms with van der Waals surface area (Å²) in [4.78, 5) is 28.6. The highest BCUT2D eigenvalue weighted by Crippen LogP contribution is 2.43. The third kappa shape index (κ3) is 7.77. The third-order valence-electron chi connectivity index (χ3n) is 15.7. The fraction of sp³-hybridized carbons (Fsp3) is 0.0286. The number of ether oxygens (including phenoxy) is 1. The van der Waals surface area contributed by atoms with E-state index in [0.717, 1.165) is 140 Å². The molecule has 0 aliphatic carbocycles. The van der Waals surface area contributed by atoms with Gasteiger partial charge in [-0.05, 0) is 163 Å². The number of fused-ring (bicyclic) bond motifs is 9. The molecule has 13 heteroatoms. The van der Waals surface area contributed by atoms with E-state index in [-0.39, 0.29) is 6.10 Å². The molecule has 0 saturated carbocycles. The van der Waals surface area contributed by atoms with Gasteiger partial charge in [0.25, 0.3) is 0 Å². The molecule has 4 aromatic carbocycles. The number of rotatable bonds is 10. The lowest BCUT2D eigenvalue weighted by molar-refractivity contribution is 0.190. The topological polar surface area (TPSA) is 149 Å². The summed E-state index contributed by atoms with van der Waals surface area (Å²) >= 11 is 0. The first kappa shape index (κ1) is 46.5. The fourth-order valence-electron chi connectivity index (χ4n) is 11.7. The zero-order chi connectivity index (χ0) is 54.5. The summed E-state index contributed by atoms with van der Waals surface area (Å²) in [6.07, 6.45) is 13.7. The number of nitrogens with zero attached hydrogens (tertiary/aromatic N) is 8. The average Bonchev–Trinajstić information content (AvgIpc) is 2.20. The molecule has 392 valence electrons. The second-order valence-electron chi connectivity index (χ2n) is 20.6. The van der Waals surface area contributed by atoms with E-state index in [0.29, 0.717) is 29.0 Å². The first-order valence-electron chi connectivity index (χ1n) is 27.3. The van der Waals surface area contributed by atoms with Gasteiger partial charge in [0, 0.05) is 110 Å². The monoisotopic (exact) mass is 1070 g/mol. The molecular formula is C70H42N8O5. The van der Waals surface area contributed by atoms with Crippen molar-refractivity contribution in [2.75, 3.05) is 0 Å². The average molecular weight is 1080 g/mol. The molecule has 0 amide bonds. The standard InChI is InChI=1S/C70H42N8O5/c1-5-29-71-53(9-1)63-23-21-59(79-63)43-13-17-57-47(35-43)51-37-45(39-75-69(51)77(57)67-27-25-65(82-67)55-11-3-7-31-73-55)41-15-19-61-49(33-41)50-34-42(16-20-62(50)81-61)46-38-52-48-36-44(60-22-24-64(80-60)54-10-2-6-30-72-54)14-18-58(48)78(70(52)76-40-46)68-28-26-66(83-68)56-12-4-8-32-74-56/h1-23,25-40,64H,24H2. The van der Waals surface area contributed by atoms with Gasteiger partial charge in [0.1, 0.15) is 57.2 Å². The highest BCUT2D eigenvalue weighted by molar-refractivity contribution is 6.13. The van der Waals surface area contributed by atoms with Gasteiger partial charge >= 0.3 is 0 Å². The van der Waals surface area contributed by atoms with Crippen LogP contribution in [0.25, 0.3) is 151 Å². The second-order valence-corrected chi connectivity index (χ2v) is 20.6. The SMILES string of the molecule is C1=C(c2ccc3c(c2)c2cc(-c4ccc5oc6ccc(-c7cnc8c(c7)c7cc(-c9ccc(-c%10ccccn%10)o9)ccc7n8-c7ccc(-c8ccccn8)o7)cc6c5c4)cnc2n3-c2ccc(-c3ccccn3)o2)OC(c2ccccn2)C1. The van der Waals surface area contributed by atoms with Crippen LogP contribution >= 0.6 is 0 Å². The van der Waals surface area contributed by atoms with Crippen molar-refractivity contribution in [2.24, 2.45) is 0 Å². The van der Waals surface area contributed by atoms with Crippen molar-refractivity contribution in [1.82, 2.24) is 39.0 Å². The third-order valence-corrected chi connectivity index (χ3v) is 15.7. The lowest BCUT2D eigenvalue weighted by Crippen LogP contribution is -1.99. The van der Waals surface area contributed by atoms with Crippen LogP contribution in [0.2, 0.25) is 0 Å². The van der Waals surface area contributed by atoms with Crippen molar-refractivity contribution in [3.05, 3.63) is 249 Å². The molecule has 0 spiro atoms. The van der Waals surface area contributed by atoms with E-state index in [1.54, 1.807) is 18.6 Å². The molecule has 1 unspecified atom stereocenters. The minimum Gasteiger partial charge on any atom is -0.484 e. The van der Waals surface area contributed by atoms with Crippen molar-refractivity contribution < 1.29 is 22.4 Å². The number of aromatic nitrogens is 8. The maximum atomic E-state index is 6.56. The molecule has 0 fully saturated rings. The van der Waals surface area contributed by atoms with Crippen LogP contribution in [0.5, 0.6) is 0 Å². The largest absolute Gasteiger partial charge is 0.484 e. The molecule has 0 saturated heterocycles. The van der Waals surface area contributed by atoms with E-state index in [1.807, 2.05) is 140 Å². The molecule has 0 bridgehead atoms. The predicted octanol–water partition coefficient (Wildman–Crippen LogP) is 17.4. The van der Waals surface area contributed by atoms with Crippen molar-refractivity contribution in [3.63, 3.8) is 0 Å². The summed E-state index contributed by atoms with van der Waals surface area (Å²) in [7, 11) is 0. The maximum absolute atomic E-state index is 6.56. The predicted molar refractivity (Wildman–Crippen MR) is 321 cm³/mol. The van der Waals surface area contributed by atoms with Crippen LogP contribution in [0.1, 0.15) is 23.8 Å². The van der Waals surface area contributed by atoms with Gasteiger partial charge in [0.15, 0.2) is 17.3 Å². The van der Waals surface area contributed by atoms with Crippen LogP contribution in [0.3, 0.4) is 0 Å². The minimum absolute atomic E-state index is 0.154. The van der Waals surface area contributed by atoms with E-state index >= 15 is 0 Å². The van der Waals surface area contributed by atoms with Crippen molar-refractivity contribution >= 4 is 71.6 Å². The van der Waals surface area contributed by atoms with Crippen molar-refractivity contribution in [1.29, 1.82) is 0 Å². The molecule has 13 heterocycles. The molecule has 83 heavy (non-hydrogen) atoms. The Morgan fingerprint density at radius 1 is 0.349 bits per heavy atom. The molecule has 0 N–H and O–H groups in total. The van der Waals surface area contributed by atoms with Gasteiger partial charge in [-0.1, -0.05) is 36.4 Å². The Balaban J connectivity index is 0.768. The van der Waals surface area contributed by atoms with E-state index in [4.69, 9.17) is 32.4 Å². The van der Waals surface area contributed by atoms with E-state index < -0.39 is 0 Å². The molecule has 12 aromatic heterocycles. The summed E-state index contributed by atoms with van der Waals surface area (Å²) in [6.45, 7) is 0. The number of hydrogen-bond acceptors (Lipinski definition) is 11. The zero-order valence-electron chi connectivity index (χ0n) is 43.9. The first-order valence-corrected chi connectivity index (χ1v) is 27.3. The number of pyridine rings is 6. The molecule has 1 aliphatic heterocycles. The Kier molecular flexibility index (Phi) is 10.4. The summed E-state index contributed by atoms with van der Waals surface area (Å²) < 4.78 is 36.8. The van der Waals surface area contributed by atoms with Crippen LogP contribution in [0.4, 0.5) is 0 Å². The van der Waals surface area contributed by atoms with Crippen LogP contribution in [0, 0.1) is 0 Å². The lowest BCUT2D eigenvalue weighted by atomic mass is 10.00. The summed E-state index contributed by atoms with van der Waals surface area (Å²) in [5, 5.41) is 5.87. The summed E-state index contributed by atoms with van der Waals surface area (Å²) in [5.41, 5.74) is 13.9. The highest BCUT2D eigenvalue weighted by atomic mass is 16.5. The minimum atomic E-state index is -0.154. The van der Waals surface area contributed by atoms with Gasteiger partial charge in [0.05, 0.1) is 16.7 Å². The number of furan rings is 4. The van der Waals surface area contributed by atoms with Crippen LogP contribution in [-0.2, 0) is 4.74 Å². The van der Waals surface area contributed by atoms with Gasteiger partial charge < -0.3 is 22.4 Å². The second kappa shape index (κ2) is 18.6. The molecule has 1 aliphatic rings. The van der Waals surface area contributed by atoms with Crippen LogP contribution in [-0.4, -0.2) is 39.0 Å². The highest BCUT2D eigenvalue weighted by Gasteiger charge is 2.26. The van der Waals surface area contributed by atoms with Crippen molar-refractivity contribution in [2.45, 2.75) is 12.5 Å². The number of hydrogen-bond donors (Lipinski definition) is 0. The molecular weight excluding hydrogens is 1030 g/mol. The summed E-state index contributed by atoms with van der Waals surface area (Å²) in [5.74, 6) is 4.83. The number of benzene rings is 4. The Morgan fingerprint density at radius 2 is 0.819 bits per heavy atom. The van der Waals surface area contributed by atoms with Crippen LogP contribution in [0.15, 0.2) is 255 Å².